The number of nitrogens with one attached hydrogen (secondary N) is 1. The maximum atomic E-state index is 13.1. The smallest absolute Gasteiger partial charge is 0.250 e. The molecule has 3 nitrogen and oxygen atoms in total. The number of aromatic nitrogens is 1. The summed E-state index contributed by atoms with van der Waals surface area (Å²) in [5.74, 6) is -0.354. The molecule has 0 radical (unpaired) electrons. The molecule has 0 aliphatic heterocycles. The first-order valence-corrected chi connectivity index (χ1v) is 7.31. The van der Waals surface area contributed by atoms with Gasteiger partial charge in [-0.2, -0.15) is 0 Å². The van der Waals surface area contributed by atoms with Crippen LogP contribution in [0.15, 0.2) is 41.3 Å². The average Bonchev–Trinajstić information content (AvgIpc) is 2.42. The quantitative estimate of drug-likeness (QED) is 0.897. The molecule has 1 unspecified atom stereocenters. The van der Waals surface area contributed by atoms with Crippen molar-refractivity contribution in [3.05, 3.63) is 63.3 Å². The molecule has 21 heavy (non-hydrogen) atoms. The predicted molar refractivity (Wildman–Crippen MR) is 84.4 cm³/mol. The molecule has 0 spiro atoms. The minimum atomic E-state index is -0.354. The second-order valence-electron chi connectivity index (χ2n) is 4.98. The molecule has 0 aliphatic rings. The van der Waals surface area contributed by atoms with Gasteiger partial charge in [-0.25, -0.2) is 4.39 Å². The van der Waals surface area contributed by atoms with Gasteiger partial charge in [-0.05, 0) is 37.1 Å². The standard InChI is InChI=1S/C16H18ClFN2O/c1-3-8-20-10-13(5-7-16(20)21)19-11(2)14-6-4-12(18)9-15(14)17/h4-7,9-11,19H,3,8H2,1-2H3. The van der Waals surface area contributed by atoms with Crippen LogP contribution in [0.4, 0.5) is 10.1 Å². The van der Waals surface area contributed by atoms with Crippen molar-refractivity contribution in [3.8, 4) is 0 Å². The van der Waals surface area contributed by atoms with Crippen LogP contribution < -0.4 is 10.9 Å². The SMILES string of the molecule is CCCn1cc(NC(C)c2ccc(F)cc2Cl)ccc1=O. The Morgan fingerprint density at radius 2 is 2.10 bits per heavy atom. The summed E-state index contributed by atoms with van der Waals surface area (Å²) in [6.07, 6.45) is 2.68. The van der Waals surface area contributed by atoms with Crippen molar-refractivity contribution >= 4 is 17.3 Å². The van der Waals surface area contributed by atoms with E-state index in [4.69, 9.17) is 11.6 Å². The molecule has 1 aromatic carbocycles. The van der Waals surface area contributed by atoms with E-state index in [2.05, 4.69) is 5.32 Å². The van der Waals surface area contributed by atoms with Crippen LogP contribution in [0.5, 0.6) is 0 Å². The monoisotopic (exact) mass is 308 g/mol. The van der Waals surface area contributed by atoms with E-state index in [0.717, 1.165) is 17.7 Å². The van der Waals surface area contributed by atoms with Crippen LogP contribution in [0.2, 0.25) is 5.02 Å². The third-order valence-corrected chi connectivity index (χ3v) is 3.59. The molecule has 5 heteroatoms. The Kier molecular flexibility index (Phi) is 5.02. The van der Waals surface area contributed by atoms with Gasteiger partial charge in [-0.15, -0.1) is 0 Å². The molecule has 2 rings (SSSR count). The summed E-state index contributed by atoms with van der Waals surface area (Å²) in [6.45, 7) is 4.64. The van der Waals surface area contributed by atoms with E-state index in [0.29, 0.717) is 11.6 Å². The molecule has 0 amide bonds. The lowest BCUT2D eigenvalue weighted by Crippen LogP contribution is -2.19. The van der Waals surface area contributed by atoms with E-state index >= 15 is 0 Å². The van der Waals surface area contributed by atoms with Crippen molar-refractivity contribution in [2.24, 2.45) is 0 Å². The van der Waals surface area contributed by atoms with Gasteiger partial charge in [0.1, 0.15) is 5.82 Å². The van der Waals surface area contributed by atoms with E-state index in [1.807, 2.05) is 13.8 Å². The number of anilines is 1. The average molecular weight is 309 g/mol. The largest absolute Gasteiger partial charge is 0.377 e. The second-order valence-corrected chi connectivity index (χ2v) is 5.39. The minimum absolute atomic E-state index is 0.0186. The summed E-state index contributed by atoms with van der Waals surface area (Å²) in [7, 11) is 0. The number of aryl methyl sites for hydroxylation is 1. The molecule has 112 valence electrons. The number of hydrogen-bond acceptors (Lipinski definition) is 2. The Labute approximate surface area is 128 Å². The predicted octanol–water partition coefficient (Wildman–Crippen LogP) is 4.22. The summed E-state index contributed by atoms with van der Waals surface area (Å²) in [5, 5.41) is 3.66. The van der Waals surface area contributed by atoms with Crippen molar-refractivity contribution in [1.82, 2.24) is 4.57 Å². The Morgan fingerprint density at radius 3 is 2.76 bits per heavy atom. The number of pyridine rings is 1. The summed E-state index contributed by atoms with van der Waals surface area (Å²) in [4.78, 5) is 11.7. The topological polar surface area (TPSA) is 34.0 Å². The van der Waals surface area contributed by atoms with Crippen LogP contribution >= 0.6 is 11.6 Å². The highest BCUT2D eigenvalue weighted by Gasteiger charge is 2.11. The molecule has 1 atom stereocenters. The van der Waals surface area contributed by atoms with Gasteiger partial charge in [0.25, 0.3) is 5.56 Å². The third-order valence-electron chi connectivity index (χ3n) is 3.26. The first-order valence-electron chi connectivity index (χ1n) is 6.93. The Balaban J connectivity index is 2.21. The van der Waals surface area contributed by atoms with Gasteiger partial charge in [0.15, 0.2) is 0 Å². The molecule has 0 fully saturated rings. The van der Waals surface area contributed by atoms with Gasteiger partial charge in [0.2, 0.25) is 0 Å². The van der Waals surface area contributed by atoms with E-state index in [1.165, 1.54) is 18.2 Å². The molecule has 1 aromatic heterocycles. The molecule has 1 heterocycles. The van der Waals surface area contributed by atoms with E-state index in [9.17, 15) is 9.18 Å². The second kappa shape index (κ2) is 6.76. The number of halogens is 2. The Morgan fingerprint density at radius 1 is 1.33 bits per heavy atom. The lowest BCUT2D eigenvalue weighted by Gasteiger charge is -2.18. The maximum absolute atomic E-state index is 13.1. The Bertz CT molecular complexity index is 684. The van der Waals surface area contributed by atoms with Crippen molar-refractivity contribution in [1.29, 1.82) is 0 Å². The summed E-state index contributed by atoms with van der Waals surface area (Å²) >= 11 is 6.06. The van der Waals surface area contributed by atoms with Gasteiger partial charge in [0, 0.05) is 23.8 Å². The van der Waals surface area contributed by atoms with Crippen molar-refractivity contribution in [2.45, 2.75) is 32.9 Å². The van der Waals surface area contributed by atoms with Gasteiger partial charge in [-0.3, -0.25) is 4.79 Å². The third kappa shape index (κ3) is 3.85. The minimum Gasteiger partial charge on any atom is -0.377 e. The van der Waals surface area contributed by atoms with Crippen LogP contribution in [0, 0.1) is 5.82 Å². The fourth-order valence-electron chi connectivity index (χ4n) is 2.21. The normalized spacial score (nSPS) is 12.2. The number of benzene rings is 1. The van der Waals surface area contributed by atoms with Gasteiger partial charge < -0.3 is 9.88 Å². The van der Waals surface area contributed by atoms with Crippen LogP contribution in [0.25, 0.3) is 0 Å². The molecule has 0 saturated carbocycles. The molecule has 0 saturated heterocycles. The lowest BCUT2D eigenvalue weighted by molar-refractivity contribution is 0.626. The number of nitrogens with zero attached hydrogens (tertiary/aromatic N) is 1. The number of hydrogen-bond donors (Lipinski definition) is 1. The van der Waals surface area contributed by atoms with Crippen molar-refractivity contribution < 1.29 is 4.39 Å². The zero-order valence-electron chi connectivity index (χ0n) is 12.1. The summed E-state index contributed by atoms with van der Waals surface area (Å²) in [5.41, 5.74) is 1.62. The van der Waals surface area contributed by atoms with E-state index in [-0.39, 0.29) is 17.4 Å². The van der Waals surface area contributed by atoms with Gasteiger partial charge in [-0.1, -0.05) is 24.6 Å². The summed E-state index contributed by atoms with van der Waals surface area (Å²) in [6, 6.07) is 7.53. The number of rotatable bonds is 5. The molecule has 2 aromatic rings. The highest BCUT2D eigenvalue weighted by Crippen LogP contribution is 2.26. The van der Waals surface area contributed by atoms with Crippen LogP contribution in [-0.4, -0.2) is 4.57 Å². The van der Waals surface area contributed by atoms with Crippen LogP contribution in [-0.2, 0) is 6.54 Å². The first kappa shape index (κ1) is 15.6. The lowest BCUT2D eigenvalue weighted by atomic mass is 10.1. The zero-order chi connectivity index (χ0) is 15.4. The van der Waals surface area contributed by atoms with E-state index < -0.39 is 0 Å². The van der Waals surface area contributed by atoms with E-state index in [1.54, 1.807) is 22.9 Å². The van der Waals surface area contributed by atoms with Crippen LogP contribution in [0.1, 0.15) is 31.9 Å². The highest BCUT2D eigenvalue weighted by atomic mass is 35.5. The highest BCUT2D eigenvalue weighted by molar-refractivity contribution is 6.31. The van der Waals surface area contributed by atoms with Gasteiger partial charge >= 0.3 is 0 Å². The summed E-state index contributed by atoms with van der Waals surface area (Å²) < 4.78 is 14.7. The van der Waals surface area contributed by atoms with Crippen molar-refractivity contribution in [2.75, 3.05) is 5.32 Å². The fourth-order valence-corrected chi connectivity index (χ4v) is 2.54. The van der Waals surface area contributed by atoms with Gasteiger partial charge in [0.05, 0.1) is 11.7 Å². The van der Waals surface area contributed by atoms with Crippen molar-refractivity contribution in [3.63, 3.8) is 0 Å². The molecular formula is C16H18ClFN2O. The molecular weight excluding hydrogens is 291 g/mol. The Hall–Kier alpha value is -1.81. The fraction of sp³-hybridized carbons (Fsp3) is 0.312. The molecule has 0 aliphatic carbocycles. The molecule has 0 bridgehead atoms. The van der Waals surface area contributed by atoms with Crippen LogP contribution in [0.3, 0.4) is 0 Å². The zero-order valence-corrected chi connectivity index (χ0v) is 12.8. The molecule has 1 N–H and O–H groups in total. The maximum Gasteiger partial charge on any atom is 0.250 e. The first-order chi connectivity index (χ1) is 10.0.